The van der Waals surface area contributed by atoms with Crippen molar-refractivity contribution in [1.82, 2.24) is 10.0 Å². The van der Waals surface area contributed by atoms with E-state index in [0.29, 0.717) is 24.5 Å². The molecule has 0 radical (unpaired) electrons. The highest BCUT2D eigenvalue weighted by Gasteiger charge is 2.29. The van der Waals surface area contributed by atoms with Crippen LogP contribution in [-0.4, -0.2) is 40.8 Å². The molecule has 0 spiro atoms. The fourth-order valence-corrected chi connectivity index (χ4v) is 5.87. The number of carbonyl (C=O) groups excluding carboxylic acids is 1. The standard InChI is InChI=1S/C24H30N2O6S/c1-16-5-3-4-6-19(16)26-33(28,29)23-14-18(8-10-21(23)30-2)24(27)25-12-11-17-7-9-20-22(13-17)32-15-31-20/h7-10,13-14,16,19,26H,3-6,11-12,15H2,1-2H3,(H,25,27)/t16-,19+/m1/s1. The first-order chi connectivity index (χ1) is 15.9. The van der Waals surface area contributed by atoms with Gasteiger partial charge in [0.25, 0.3) is 5.91 Å². The number of hydrogen-bond donors (Lipinski definition) is 2. The van der Waals surface area contributed by atoms with Crippen molar-refractivity contribution in [3.05, 3.63) is 47.5 Å². The van der Waals surface area contributed by atoms with Gasteiger partial charge < -0.3 is 19.5 Å². The van der Waals surface area contributed by atoms with Crippen molar-refractivity contribution in [1.29, 1.82) is 0 Å². The zero-order valence-electron chi connectivity index (χ0n) is 18.9. The maximum Gasteiger partial charge on any atom is 0.251 e. The first-order valence-electron chi connectivity index (χ1n) is 11.2. The first kappa shape index (κ1) is 23.4. The number of rotatable bonds is 8. The molecule has 0 unspecified atom stereocenters. The molecule has 1 heterocycles. The third kappa shape index (κ3) is 5.42. The van der Waals surface area contributed by atoms with Crippen LogP contribution in [0, 0.1) is 5.92 Å². The Kier molecular flexibility index (Phi) is 7.09. The summed E-state index contributed by atoms with van der Waals surface area (Å²) in [5.74, 6) is 1.54. The lowest BCUT2D eigenvalue weighted by Gasteiger charge is -2.29. The largest absolute Gasteiger partial charge is 0.495 e. The van der Waals surface area contributed by atoms with Crippen molar-refractivity contribution in [3.8, 4) is 17.2 Å². The number of ether oxygens (including phenoxy) is 3. The highest BCUT2D eigenvalue weighted by molar-refractivity contribution is 7.89. The van der Waals surface area contributed by atoms with Crippen LogP contribution in [0.5, 0.6) is 17.2 Å². The summed E-state index contributed by atoms with van der Waals surface area (Å²) < 4.78 is 45.1. The van der Waals surface area contributed by atoms with Crippen LogP contribution in [-0.2, 0) is 16.4 Å². The average Bonchev–Trinajstić information content (AvgIpc) is 3.28. The topological polar surface area (TPSA) is 103 Å². The van der Waals surface area contributed by atoms with Gasteiger partial charge in [-0.25, -0.2) is 13.1 Å². The van der Waals surface area contributed by atoms with E-state index in [2.05, 4.69) is 17.0 Å². The number of fused-ring (bicyclic) bond motifs is 1. The Morgan fingerprint density at radius 2 is 1.88 bits per heavy atom. The minimum absolute atomic E-state index is 0.0220. The van der Waals surface area contributed by atoms with Gasteiger partial charge in [-0.05, 0) is 61.1 Å². The summed E-state index contributed by atoms with van der Waals surface area (Å²) in [6.45, 7) is 2.67. The van der Waals surface area contributed by atoms with E-state index in [1.54, 1.807) is 6.07 Å². The van der Waals surface area contributed by atoms with Gasteiger partial charge in [-0.3, -0.25) is 4.79 Å². The summed E-state index contributed by atoms with van der Waals surface area (Å²) >= 11 is 0. The Labute approximate surface area is 194 Å². The highest BCUT2D eigenvalue weighted by atomic mass is 32.2. The zero-order valence-corrected chi connectivity index (χ0v) is 19.7. The fraction of sp³-hybridized carbons (Fsp3) is 0.458. The maximum absolute atomic E-state index is 13.1. The van der Waals surface area contributed by atoms with Gasteiger partial charge in [-0.15, -0.1) is 0 Å². The van der Waals surface area contributed by atoms with Gasteiger partial charge in [0.15, 0.2) is 11.5 Å². The van der Waals surface area contributed by atoms with Crippen molar-refractivity contribution in [2.75, 3.05) is 20.4 Å². The van der Waals surface area contributed by atoms with E-state index >= 15 is 0 Å². The molecule has 8 nitrogen and oxygen atoms in total. The Morgan fingerprint density at radius 3 is 2.67 bits per heavy atom. The van der Waals surface area contributed by atoms with E-state index in [1.807, 2.05) is 18.2 Å². The number of carbonyl (C=O) groups is 1. The first-order valence-corrected chi connectivity index (χ1v) is 12.7. The van der Waals surface area contributed by atoms with Crippen molar-refractivity contribution in [2.24, 2.45) is 5.92 Å². The molecule has 1 saturated carbocycles. The second-order valence-electron chi connectivity index (χ2n) is 8.55. The van der Waals surface area contributed by atoms with Crippen LogP contribution in [0.15, 0.2) is 41.3 Å². The third-order valence-corrected chi connectivity index (χ3v) is 7.78. The predicted molar refractivity (Wildman–Crippen MR) is 123 cm³/mol. The summed E-state index contributed by atoms with van der Waals surface area (Å²) in [7, 11) is -2.42. The number of sulfonamides is 1. The Bertz CT molecular complexity index is 1120. The summed E-state index contributed by atoms with van der Waals surface area (Å²) in [5.41, 5.74) is 1.27. The van der Waals surface area contributed by atoms with E-state index in [1.165, 1.54) is 19.2 Å². The van der Waals surface area contributed by atoms with E-state index in [-0.39, 0.29) is 40.9 Å². The highest BCUT2D eigenvalue weighted by Crippen LogP contribution is 2.32. The van der Waals surface area contributed by atoms with Crippen LogP contribution in [0.4, 0.5) is 0 Å². The van der Waals surface area contributed by atoms with Gasteiger partial charge in [0.2, 0.25) is 16.8 Å². The summed E-state index contributed by atoms with van der Waals surface area (Å²) in [6.07, 6.45) is 4.52. The molecule has 2 aliphatic rings. The van der Waals surface area contributed by atoms with Crippen molar-refractivity contribution in [3.63, 3.8) is 0 Å². The normalized spacial score (nSPS) is 19.8. The lowest BCUT2D eigenvalue weighted by atomic mass is 9.87. The molecule has 2 N–H and O–H groups in total. The predicted octanol–water partition coefficient (Wildman–Crippen LogP) is 3.25. The molecule has 0 saturated heterocycles. The summed E-state index contributed by atoms with van der Waals surface area (Å²) in [4.78, 5) is 12.7. The number of nitrogens with one attached hydrogen (secondary N) is 2. The summed E-state index contributed by atoms with van der Waals surface area (Å²) in [6, 6.07) is 10.0. The second kappa shape index (κ2) is 10.0. The lowest BCUT2D eigenvalue weighted by Crippen LogP contribution is -2.41. The van der Waals surface area contributed by atoms with Crippen molar-refractivity contribution < 1.29 is 27.4 Å². The maximum atomic E-state index is 13.1. The van der Waals surface area contributed by atoms with Crippen molar-refractivity contribution in [2.45, 2.75) is 50.0 Å². The Hall–Kier alpha value is -2.78. The molecule has 1 fully saturated rings. The van der Waals surface area contributed by atoms with Crippen LogP contribution in [0.1, 0.15) is 48.5 Å². The SMILES string of the molecule is COc1ccc(C(=O)NCCc2ccc3c(c2)OCO3)cc1S(=O)(=O)N[C@H]1CCCC[C@H]1C. The van der Waals surface area contributed by atoms with Gasteiger partial charge in [0, 0.05) is 18.2 Å². The van der Waals surface area contributed by atoms with Crippen LogP contribution in [0.3, 0.4) is 0 Å². The van der Waals surface area contributed by atoms with Crippen LogP contribution in [0.25, 0.3) is 0 Å². The molecule has 0 aromatic heterocycles. The molecular formula is C24H30N2O6S. The molecule has 178 valence electrons. The van der Waals surface area contributed by atoms with Crippen LogP contribution in [0.2, 0.25) is 0 Å². The third-order valence-electron chi connectivity index (χ3n) is 6.27. The van der Waals surface area contributed by atoms with Gasteiger partial charge in [0.1, 0.15) is 10.6 Å². The van der Waals surface area contributed by atoms with Crippen LogP contribution < -0.4 is 24.2 Å². The molecule has 2 aromatic carbocycles. The molecule has 1 amide bonds. The minimum atomic E-state index is -3.84. The number of methoxy groups -OCH3 is 1. The molecule has 1 aliphatic heterocycles. The van der Waals surface area contributed by atoms with E-state index in [9.17, 15) is 13.2 Å². The van der Waals surface area contributed by atoms with Crippen LogP contribution >= 0.6 is 0 Å². The molecular weight excluding hydrogens is 444 g/mol. The Balaban J connectivity index is 1.43. The average molecular weight is 475 g/mol. The van der Waals surface area contributed by atoms with E-state index < -0.39 is 10.0 Å². The van der Waals surface area contributed by atoms with E-state index in [0.717, 1.165) is 31.2 Å². The number of amides is 1. The van der Waals surface area contributed by atoms with Crippen molar-refractivity contribution >= 4 is 15.9 Å². The zero-order chi connectivity index (χ0) is 23.4. The molecule has 2 atom stereocenters. The quantitative estimate of drug-likeness (QED) is 0.609. The van der Waals surface area contributed by atoms with Gasteiger partial charge in [-0.2, -0.15) is 0 Å². The molecule has 4 rings (SSSR count). The van der Waals surface area contributed by atoms with Gasteiger partial charge >= 0.3 is 0 Å². The monoisotopic (exact) mass is 474 g/mol. The fourth-order valence-electron chi connectivity index (χ4n) is 4.30. The van der Waals surface area contributed by atoms with Gasteiger partial charge in [-0.1, -0.05) is 25.8 Å². The smallest absolute Gasteiger partial charge is 0.251 e. The minimum Gasteiger partial charge on any atom is -0.495 e. The van der Waals surface area contributed by atoms with Gasteiger partial charge in [0.05, 0.1) is 7.11 Å². The molecule has 0 bridgehead atoms. The lowest BCUT2D eigenvalue weighted by molar-refractivity contribution is 0.0954. The summed E-state index contributed by atoms with van der Waals surface area (Å²) in [5, 5.41) is 2.85. The molecule has 2 aromatic rings. The second-order valence-corrected chi connectivity index (χ2v) is 10.2. The molecule has 33 heavy (non-hydrogen) atoms. The van der Waals surface area contributed by atoms with E-state index in [4.69, 9.17) is 14.2 Å². The number of benzene rings is 2. The Morgan fingerprint density at radius 1 is 1.09 bits per heavy atom. The molecule has 9 heteroatoms. The molecule has 1 aliphatic carbocycles. The number of hydrogen-bond acceptors (Lipinski definition) is 6.